The Morgan fingerprint density at radius 1 is 1.18 bits per heavy atom. The molecule has 1 aromatic heterocycles. The molecule has 1 aliphatic carbocycles. The van der Waals surface area contributed by atoms with Crippen LogP contribution >= 0.6 is 15.9 Å². The van der Waals surface area contributed by atoms with Crippen LogP contribution in [0.15, 0.2) is 59.2 Å². The smallest absolute Gasteiger partial charge is 0.259 e. The quantitative estimate of drug-likeness (QED) is 0.257. The van der Waals surface area contributed by atoms with Gasteiger partial charge in [0.25, 0.3) is 5.91 Å². The number of rotatable bonds is 11. The molecule has 1 unspecified atom stereocenters. The zero-order valence-corrected chi connectivity index (χ0v) is 23.8. The Bertz CT molecular complexity index is 1280. The highest BCUT2D eigenvalue weighted by atomic mass is 79.9. The Balaban J connectivity index is 1.27. The first-order valence-corrected chi connectivity index (χ1v) is 14.4. The van der Waals surface area contributed by atoms with Crippen LogP contribution in [0.3, 0.4) is 0 Å². The number of piperidine rings is 1. The summed E-state index contributed by atoms with van der Waals surface area (Å²) < 4.78 is 20.2. The topological polar surface area (TPSA) is 79.4 Å². The van der Waals surface area contributed by atoms with E-state index in [0.717, 1.165) is 49.7 Å². The number of unbranched alkanes of at least 4 members (excludes halogenated alkanes) is 1. The van der Waals surface area contributed by atoms with Crippen LogP contribution in [-0.4, -0.2) is 42.6 Å². The standard InChI is InChI=1S/C30H35BrFN5O2/c1-39-24-8-5-21(6-9-24)20-37(17-3-2-4-22-19-33-16-14-30(22)12-13-30)29-34-15-11-27(36-29)35-28(38)25-10-7-23(31)18-26(25)32/h5-11,15,18,22,33H,2-4,12-14,16-17,19-20H2,1H3,(H,34,35,36,38). The Labute approximate surface area is 237 Å². The van der Waals surface area contributed by atoms with Gasteiger partial charge in [0.05, 0.1) is 12.7 Å². The van der Waals surface area contributed by atoms with Crippen LogP contribution in [0.4, 0.5) is 16.2 Å². The van der Waals surface area contributed by atoms with Gasteiger partial charge in [-0.05, 0) is 98.5 Å². The maximum absolute atomic E-state index is 14.3. The molecule has 1 atom stereocenters. The number of anilines is 2. The molecule has 2 heterocycles. The second-order valence-corrected chi connectivity index (χ2v) is 11.5. The highest BCUT2D eigenvalue weighted by Crippen LogP contribution is 2.57. The summed E-state index contributed by atoms with van der Waals surface area (Å²) in [5, 5.41) is 6.31. The van der Waals surface area contributed by atoms with E-state index in [4.69, 9.17) is 4.74 Å². The SMILES string of the molecule is COc1ccc(CN(CCCCC2CNCCC23CC3)c2nccc(NC(=O)c3ccc(Br)cc3F)n2)cc1. The van der Waals surface area contributed by atoms with Gasteiger partial charge in [0.2, 0.25) is 5.95 Å². The summed E-state index contributed by atoms with van der Waals surface area (Å²) in [4.78, 5) is 24.0. The van der Waals surface area contributed by atoms with E-state index < -0.39 is 11.7 Å². The number of aromatic nitrogens is 2. The second-order valence-electron chi connectivity index (χ2n) is 10.6. The lowest BCUT2D eigenvalue weighted by atomic mass is 9.80. The Morgan fingerprint density at radius 3 is 2.74 bits per heavy atom. The fourth-order valence-corrected chi connectivity index (χ4v) is 5.92. The van der Waals surface area contributed by atoms with Crippen molar-refractivity contribution in [3.8, 4) is 5.75 Å². The zero-order valence-electron chi connectivity index (χ0n) is 22.3. The predicted octanol–water partition coefficient (Wildman–Crippen LogP) is 6.21. The Morgan fingerprint density at radius 2 is 2.00 bits per heavy atom. The number of amides is 1. The van der Waals surface area contributed by atoms with Crippen molar-refractivity contribution in [1.82, 2.24) is 15.3 Å². The lowest BCUT2D eigenvalue weighted by molar-refractivity contribution is 0.102. The molecule has 2 fully saturated rings. The average molecular weight is 597 g/mol. The summed E-state index contributed by atoms with van der Waals surface area (Å²) in [6.07, 6.45) is 9.12. The van der Waals surface area contributed by atoms with Crippen molar-refractivity contribution < 1.29 is 13.9 Å². The molecular formula is C30H35BrFN5O2. The third-order valence-corrected chi connectivity index (χ3v) is 8.55. The molecule has 206 valence electrons. The largest absolute Gasteiger partial charge is 0.497 e. The Hall–Kier alpha value is -3.04. The molecule has 1 saturated carbocycles. The molecule has 1 amide bonds. The third kappa shape index (κ3) is 6.94. The van der Waals surface area contributed by atoms with E-state index in [1.807, 2.05) is 24.3 Å². The molecule has 1 spiro atoms. The maximum atomic E-state index is 14.3. The van der Waals surface area contributed by atoms with E-state index in [-0.39, 0.29) is 5.56 Å². The van der Waals surface area contributed by atoms with Crippen molar-refractivity contribution in [2.45, 2.75) is 45.1 Å². The summed E-state index contributed by atoms with van der Waals surface area (Å²) in [6, 6.07) is 13.9. The van der Waals surface area contributed by atoms with Crippen LogP contribution in [0, 0.1) is 17.2 Å². The first kappa shape index (κ1) is 27.5. The van der Waals surface area contributed by atoms with E-state index in [1.165, 1.54) is 37.8 Å². The van der Waals surface area contributed by atoms with Gasteiger partial charge in [0.1, 0.15) is 17.4 Å². The molecule has 1 aliphatic heterocycles. The monoisotopic (exact) mass is 595 g/mol. The molecule has 5 rings (SSSR count). The summed E-state index contributed by atoms with van der Waals surface area (Å²) >= 11 is 3.22. The van der Waals surface area contributed by atoms with Crippen molar-refractivity contribution in [2.24, 2.45) is 11.3 Å². The number of hydrogen-bond acceptors (Lipinski definition) is 6. The molecule has 1 saturated heterocycles. The van der Waals surface area contributed by atoms with Gasteiger partial charge in [-0.25, -0.2) is 9.37 Å². The number of carbonyl (C=O) groups excluding carboxylic acids is 1. The highest BCUT2D eigenvalue weighted by molar-refractivity contribution is 9.10. The van der Waals surface area contributed by atoms with Gasteiger partial charge in [-0.2, -0.15) is 4.98 Å². The van der Waals surface area contributed by atoms with Crippen LogP contribution < -0.4 is 20.3 Å². The van der Waals surface area contributed by atoms with Crippen molar-refractivity contribution >= 4 is 33.6 Å². The van der Waals surface area contributed by atoms with Gasteiger partial charge in [-0.15, -0.1) is 0 Å². The normalized spacial score (nSPS) is 17.6. The van der Waals surface area contributed by atoms with Gasteiger partial charge in [-0.1, -0.05) is 34.5 Å². The highest BCUT2D eigenvalue weighted by Gasteiger charge is 2.49. The number of hydrogen-bond donors (Lipinski definition) is 2. The van der Waals surface area contributed by atoms with Gasteiger partial charge in [0, 0.05) is 23.8 Å². The first-order chi connectivity index (χ1) is 19.0. The number of methoxy groups -OCH3 is 1. The molecule has 39 heavy (non-hydrogen) atoms. The molecule has 0 bridgehead atoms. The van der Waals surface area contributed by atoms with Gasteiger partial charge in [0.15, 0.2) is 0 Å². The fraction of sp³-hybridized carbons (Fsp3) is 0.433. The predicted molar refractivity (Wildman–Crippen MR) is 155 cm³/mol. The van der Waals surface area contributed by atoms with Gasteiger partial charge < -0.3 is 20.3 Å². The van der Waals surface area contributed by atoms with Crippen LogP contribution in [-0.2, 0) is 6.54 Å². The first-order valence-electron chi connectivity index (χ1n) is 13.6. The number of carbonyl (C=O) groups is 1. The summed E-state index contributed by atoms with van der Waals surface area (Å²) in [6.45, 7) is 3.71. The summed E-state index contributed by atoms with van der Waals surface area (Å²) in [5.74, 6) is 1.28. The van der Waals surface area contributed by atoms with E-state index in [0.29, 0.717) is 28.2 Å². The third-order valence-electron chi connectivity index (χ3n) is 8.05. The molecule has 2 aliphatic rings. The molecule has 2 N–H and O–H groups in total. The molecular weight excluding hydrogens is 561 g/mol. The maximum Gasteiger partial charge on any atom is 0.259 e. The van der Waals surface area contributed by atoms with Crippen LogP contribution in [0.25, 0.3) is 0 Å². The van der Waals surface area contributed by atoms with E-state index in [9.17, 15) is 9.18 Å². The fourth-order valence-electron chi connectivity index (χ4n) is 5.58. The summed E-state index contributed by atoms with van der Waals surface area (Å²) in [7, 11) is 1.66. The second kappa shape index (κ2) is 12.4. The van der Waals surface area contributed by atoms with Crippen LogP contribution in [0.1, 0.15) is 54.4 Å². The van der Waals surface area contributed by atoms with Crippen molar-refractivity contribution in [3.63, 3.8) is 0 Å². The van der Waals surface area contributed by atoms with Crippen LogP contribution in [0.5, 0.6) is 5.75 Å². The van der Waals surface area contributed by atoms with E-state index in [1.54, 1.807) is 25.4 Å². The van der Waals surface area contributed by atoms with Crippen molar-refractivity contribution in [2.75, 3.05) is 37.0 Å². The van der Waals surface area contributed by atoms with Crippen molar-refractivity contribution in [3.05, 3.63) is 76.1 Å². The minimum Gasteiger partial charge on any atom is -0.497 e. The lowest BCUT2D eigenvalue weighted by Crippen LogP contribution is -2.37. The molecule has 9 heteroatoms. The lowest BCUT2D eigenvalue weighted by Gasteiger charge is -2.32. The Kier molecular flexibility index (Phi) is 8.77. The van der Waals surface area contributed by atoms with E-state index in [2.05, 4.69) is 41.4 Å². The van der Waals surface area contributed by atoms with Gasteiger partial charge >= 0.3 is 0 Å². The van der Waals surface area contributed by atoms with Crippen molar-refractivity contribution in [1.29, 1.82) is 0 Å². The average Bonchev–Trinajstić information content (AvgIpc) is 3.71. The van der Waals surface area contributed by atoms with Crippen LogP contribution in [0.2, 0.25) is 0 Å². The number of benzene rings is 2. The molecule has 0 radical (unpaired) electrons. The number of halogens is 2. The zero-order chi connectivity index (χ0) is 27.2. The minimum atomic E-state index is -0.599. The minimum absolute atomic E-state index is 0.0425. The summed E-state index contributed by atoms with van der Waals surface area (Å²) in [5.41, 5.74) is 1.68. The molecule has 7 nitrogen and oxygen atoms in total. The van der Waals surface area contributed by atoms with E-state index >= 15 is 0 Å². The number of nitrogens with zero attached hydrogens (tertiary/aromatic N) is 3. The van der Waals surface area contributed by atoms with Gasteiger partial charge in [-0.3, -0.25) is 4.79 Å². The number of ether oxygens (including phenoxy) is 1. The molecule has 2 aromatic carbocycles. The number of nitrogens with one attached hydrogen (secondary N) is 2. The molecule has 3 aromatic rings.